The highest BCUT2D eigenvalue weighted by Gasteiger charge is 2.21. The summed E-state index contributed by atoms with van der Waals surface area (Å²) in [5.74, 6) is 3.51. The minimum Gasteiger partial charge on any atom is -0.352 e. The van der Waals surface area contributed by atoms with Crippen molar-refractivity contribution in [1.82, 2.24) is 40.2 Å². The second kappa shape index (κ2) is 8.42. The maximum atomic E-state index is 4.80. The number of nitrogens with one attached hydrogen (secondary N) is 2. The van der Waals surface area contributed by atoms with E-state index in [4.69, 9.17) is 4.99 Å². The molecule has 0 bridgehead atoms. The van der Waals surface area contributed by atoms with Gasteiger partial charge < -0.3 is 15.2 Å². The summed E-state index contributed by atoms with van der Waals surface area (Å²) in [7, 11) is 1.96. The van der Waals surface area contributed by atoms with Crippen LogP contribution in [0.15, 0.2) is 41.7 Å². The summed E-state index contributed by atoms with van der Waals surface area (Å²) in [6, 6.07) is 10.7. The average molecular weight is 393 g/mol. The molecule has 2 atom stereocenters. The molecule has 29 heavy (non-hydrogen) atoms. The number of fused-ring (bicyclic) bond motifs is 1. The third kappa shape index (κ3) is 4.44. The molecule has 3 aromatic rings. The first kappa shape index (κ1) is 19.1. The van der Waals surface area contributed by atoms with Crippen molar-refractivity contribution in [2.75, 3.05) is 0 Å². The first-order valence-corrected chi connectivity index (χ1v) is 9.94. The van der Waals surface area contributed by atoms with Gasteiger partial charge in [-0.1, -0.05) is 30.3 Å². The van der Waals surface area contributed by atoms with E-state index in [1.165, 1.54) is 5.56 Å². The Bertz CT molecular complexity index is 973. The highest BCUT2D eigenvalue weighted by molar-refractivity contribution is 5.80. The van der Waals surface area contributed by atoms with E-state index in [0.29, 0.717) is 6.54 Å². The molecule has 0 radical (unpaired) electrons. The normalized spacial score (nSPS) is 17.6. The molecule has 4 rings (SSSR count). The molecule has 1 aliphatic heterocycles. The molecule has 9 heteroatoms. The fraction of sp³-hybridized carbons (Fsp3) is 0.450. The standard InChI is InChI=1S/C20H27N9/c1-14(16-7-5-4-6-8-16)24-20(21-11-19-27-26-15(2)28(19)3)25-17-9-10-18-22-13-23-29(18)12-17/h4-8,13-14,17H,9-12H2,1-3H3,(H2,21,24,25). The van der Waals surface area contributed by atoms with Crippen molar-refractivity contribution < 1.29 is 0 Å². The molecule has 2 aromatic heterocycles. The molecule has 2 N–H and O–H groups in total. The van der Waals surface area contributed by atoms with Crippen LogP contribution in [0.25, 0.3) is 0 Å². The number of hydrogen-bond acceptors (Lipinski definition) is 5. The van der Waals surface area contributed by atoms with Crippen molar-refractivity contribution in [3.05, 3.63) is 59.7 Å². The first-order chi connectivity index (χ1) is 14.1. The Hall–Kier alpha value is -3.23. The van der Waals surface area contributed by atoms with E-state index >= 15 is 0 Å². The quantitative estimate of drug-likeness (QED) is 0.504. The minimum atomic E-state index is 0.120. The lowest BCUT2D eigenvalue weighted by Gasteiger charge is -2.27. The van der Waals surface area contributed by atoms with Crippen molar-refractivity contribution >= 4 is 5.96 Å². The van der Waals surface area contributed by atoms with Crippen molar-refractivity contribution in [2.24, 2.45) is 12.0 Å². The molecular formula is C20H27N9. The predicted molar refractivity (Wildman–Crippen MR) is 110 cm³/mol. The second-order valence-electron chi connectivity index (χ2n) is 7.40. The third-order valence-electron chi connectivity index (χ3n) is 5.36. The number of aryl methyl sites for hydroxylation is 2. The molecule has 0 fully saturated rings. The topological polar surface area (TPSA) is 97.8 Å². The van der Waals surface area contributed by atoms with E-state index in [-0.39, 0.29) is 12.1 Å². The Labute approximate surface area is 170 Å². The number of aromatic nitrogens is 6. The highest BCUT2D eigenvalue weighted by Crippen LogP contribution is 2.14. The van der Waals surface area contributed by atoms with Crippen LogP contribution in [0.1, 0.15) is 42.4 Å². The Balaban J connectivity index is 1.50. The van der Waals surface area contributed by atoms with Crippen molar-refractivity contribution in [1.29, 1.82) is 0 Å². The fourth-order valence-electron chi connectivity index (χ4n) is 3.45. The van der Waals surface area contributed by atoms with Crippen LogP contribution < -0.4 is 10.6 Å². The summed E-state index contributed by atoms with van der Waals surface area (Å²) < 4.78 is 3.93. The van der Waals surface area contributed by atoms with Crippen molar-refractivity contribution in [3.63, 3.8) is 0 Å². The van der Waals surface area contributed by atoms with Crippen LogP contribution in [0, 0.1) is 6.92 Å². The third-order valence-corrected chi connectivity index (χ3v) is 5.36. The van der Waals surface area contributed by atoms with Gasteiger partial charge in [0.05, 0.1) is 12.6 Å². The number of guanidine groups is 1. The lowest BCUT2D eigenvalue weighted by molar-refractivity contribution is 0.391. The van der Waals surface area contributed by atoms with Gasteiger partial charge in [-0.2, -0.15) is 5.10 Å². The smallest absolute Gasteiger partial charge is 0.192 e. The molecular weight excluding hydrogens is 366 g/mol. The second-order valence-corrected chi connectivity index (χ2v) is 7.40. The molecule has 9 nitrogen and oxygen atoms in total. The van der Waals surface area contributed by atoms with Crippen LogP contribution in [-0.4, -0.2) is 41.5 Å². The van der Waals surface area contributed by atoms with Gasteiger partial charge >= 0.3 is 0 Å². The maximum Gasteiger partial charge on any atom is 0.192 e. The molecule has 0 spiro atoms. The van der Waals surface area contributed by atoms with Crippen LogP contribution in [-0.2, 0) is 26.6 Å². The van der Waals surface area contributed by atoms with Gasteiger partial charge in [0.25, 0.3) is 0 Å². The Morgan fingerprint density at radius 2 is 2.10 bits per heavy atom. The molecule has 0 saturated heterocycles. The zero-order valence-corrected chi connectivity index (χ0v) is 17.1. The summed E-state index contributed by atoms with van der Waals surface area (Å²) in [5, 5.41) is 19.8. The lowest BCUT2D eigenvalue weighted by atomic mass is 10.1. The monoisotopic (exact) mass is 393 g/mol. The molecule has 0 saturated carbocycles. The van der Waals surface area contributed by atoms with E-state index < -0.39 is 0 Å². The number of hydrogen-bond donors (Lipinski definition) is 2. The van der Waals surface area contributed by atoms with Gasteiger partial charge in [0.15, 0.2) is 11.8 Å². The van der Waals surface area contributed by atoms with E-state index in [0.717, 1.165) is 42.8 Å². The van der Waals surface area contributed by atoms with E-state index in [9.17, 15) is 0 Å². The van der Waals surface area contributed by atoms with Crippen molar-refractivity contribution in [3.8, 4) is 0 Å². The van der Waals surface area contributed by atoms with Gasteiger partial charge in [-0.3, -0.25) is 0 Å². The summed E-state index contributed by atoms with van der Waals surface area (Å²) in [6.45, 7) is 5.30. The molecule has 1 aliphatic rings. The van der Waals surface area contributed by atoms with Gasteiger partial charge in [0.1, 0.15) is 24.5 Å². The zero-order chi connectivity index (χ0) is 20.2. The predicted octanol–water partition coefficient (Wildman–Crippen LogP) is 1.53. The number of aliphatic imine (C=N–C) groups is 1. The molecule has 152 valence electrons. The van der Waals surface area contributed by atoms with Gasteiger partial charge in [0.2, 0.25) is 0 Å². The summed E-state index contributed by atoms with van der Waals surface area (Å²) in [6.07, 6.45) is 3.52. The molecule has 0 amide bonds. The Morgan fingerprint density at radius 1 is 1.28 bits per heavy atom. The average Bonchev–Trinajstić information content (AvgIpc) is 3.33. The molecule has 0 aliphatic carbocycles. The van der Waals surface area contributed by atoms with Crippen LogP contribution in [0.4, 0.5) is 0 Å². The molecule has 2 unspecified atom stereocenters. The maximum absolute atomic E-state index is 4.80. The van der Waals surface area contributed by atoms with Crippen LogP contribution in [0.3, 0.4) is 0 Å². The van der Waals surface area contributed by atoms with E-state index in [1.807, 2.05) is 41.4 Å². The van der Waals surface area contributed by atoms with E-state index in [2.05, 4.69) is 50.0 Å². The van der Waals surface area contributed by atoms with Gasteiger partial charge in [-0.15, -0.1) is 10.2 Å². The van der Waals surface area contributed by atoms with Crippen LogP contribution in [0.2, 0.25) is 0 Å². The SMILES string of the molecule is Cc1nnc(CN=C(NC2CCc3ncnn3C2)NC(C)c2ccccc2)n1C. The minimum absolute atomic E-state index is 0.120. The Morgan fingerprint density at radius 3 is 2.86 bits per heavy atom. The van der Waals surface area contributed by atoms with Crippen LogP contribution in [0.5, 0.6) is 0 Å². The van der Waals surface area contributed by atoms with Crippen LogP contribution >= 0.6 is 0 Å². The van der Waals surface area contributed by atoms with Gasteiger partial charge in [0, 0.05) is 19.5 Å². The van der Waals surface area contributed by atoms with Crippen molar-refractivity contribution in [2.45, 2.75) is 51.9 Å². The highest BCUT2D eigenvalue weighted by atomic mass is 15.4. The lowest BCUT2D eigenvalue weighted by Crippen LogP contribution is -2.47. The molecule has 3 heterocycles. The fourth-order valence-corrected chi connectivity index (χ4v) is 3.45. The summed E-state index contributed by atoms with van der Waals surface area (Å²) >= 11 is 0. The Kier molecular flexibility index (Phi) is 5.55. The molecule has 1 aromatic carbocycles. The van der Waals surface area contributed by atoms with Gasteiger partial charge in [-0.05, 0) is 25.8 Å². The number of nitrogens with zero attached hydrogens (tertiary/aromatic N) is 7. The number of benzene rings is 1. The largest absolute Gasteiger partial charge is 0.352 e. The summed E-state index contributed by atoms with van der Waals surface area (Å²) in [5.41, 5.74) is 1.21. The van der Waals surface area contributed by atoms with Gasteiger partial charge in [-0.25, -0.2) is 14.7 Å². The first-order valence-electron chi connectivity index (χ1n) is 9.94. The number of rotatable bonds is 5. The summed E-state index contributed by atoms with van der Waals surface area (Å²) in [4.78, 5) is 9.10. The zero-order valence-electron chi connectivity index (χ0n) is 17.1. The van der Waals surface area contributed by atoms with E-state index in [1.54, 1.807) is 6.33 Å².